The molecule has 64 valence electrons. The molecule has 0 amide bonds. The summed E-state index contributed by atoms with van der Waals surface area (Å²) in [6.45, 7) is 2.04. The maximum absolute atomic E-state index is 10.2. The van der Waals surface area contributed by atoms with Gasteiger partial charge in [-0.1, -0.05) is 31.2 Å². The van der Waals surface area contributed by atoms with Crippen LogP contribution in [-0.4, -0.2) is 5.11 Å². The van der Waals surface area contributed by atoms with Crippen LogP contribution in [0.3, 0.4) is 0 Å². The lowest BCUT2D eigenvalue weighted by molar-refractivity contribution is 0.0346. The molecule has 0 saturated carbocycles. The molecule has 0 radical (unpaired) electrons. The van der Waals surface area contributed by atoms with Gasteiger partial charge >= 0.3 is 0 Å². The fourth-order valence-corrected chi connectivity index (χ4v) is 2.04. The van der Waals surface area contributed by atoms with Crippen LogP contribution in [-0.2, 0) is 12.0 Å². The summed E-state index contributed by atoms with van der Waals surface area (Å²) in [5.41, 5.74) is 1.94. The number of aryl methyl sites for hydroxylation is 1. The number of rotatable bonds is 1. The van der Waals surface area contributed by atoms with Crippen molar-refractivity contribution in [1.82, 2.24) is 0 Å². The normalized spacial score (nSPS) is 27.2. The molecule has 0 unspecified atom stereocenters. The number of hydrogen-bond acceptors (Lipinski definition) is 1. The summed E-state index contributed by atoms with van der Waals surface area (Å²) in [6.07, 6.45) is 2.74. The molecule has 0 spiro atoms. The first kappa shape index (κ1) is 7.81. The molecule has 1 nitrogen and oxygen atoms in total. The summed E-state index contributed by atoms with van der Waals surface area (Å²) in [7, 11) is 0. The van der Waals surface area contributed by atoms with Crippen molar-refractivity contribution in [2.24, 2.45) is 0 Å². The topological polar surface area (TPSA) is 20.2 Å². The van der Waals surface area contributed by atoms with Crippen molar-refractivity contribution in [3.63, 3.8) is 0 Å². The lowest BCUT2D eigenvalue weighted by Crippen LogP contribution is -2.20. The maximum atomic E-state index is 10.2. The van der Waals surface area contributed by atoms with Crippen LogP contribution in [0.2, 0.25) is 0 Å². The van der Waals surface area contributed by atoms with E-state index in [1.54, 1.807) is 0 Å². The highest BCUT2D eigenvalue weighted by molar-refractivity contribution is 5.36. The van der Waals surface area contributed by atoms with E-state index in [1.807, 2.05) is 25.1 Å². The summed E-state index contributed by atoms with van der Waals surface area (Å²) in [5.74, 6) is 0. The Morgan fingerprint density at radius 2 is 2.17 bits per heavy atom. The Hall–Kier alpha value is -0.820. The molecule has 1 N–H and O–H groups in total. The van der Waals surface area contributed by atoms with Gasteiger partial charge in [0.2, 0.25) is 0 Å². The lowest BCUT2D eigenvalue weighted by Gasteiger charge is -2.21. The standard InChI is InChI=1S/C11H14O/c1-2-11(12)8-7-9-5-3-4-6-10(9)11/h3-6,12H,2,7-8H2,1H3/t11-/m0/s1. The number of aliphatic hydroxyl groups is 1. The predicted molar refractivity (Wildman–Crippen MR) is 49.0 cm³/mol. The lowest BCUT2D eigenvalue weighted by atomic mass is 9.93. The van der Waals surface area contributed by atoms with Crippen molar-refractivity contribution in [3.05, 3.63) is 35.4 Å². The Morgan fingerprint density at radius 3 is 2.92 bits per heavy atom. The molecule has 1 aliphatic carbocycles. The molecule has 0 aromatic heterocycles. The summed E-state index contributed by atoms with van der Waals surface area (Å²) in [6, 6.07) is 8.21. The molecule has 0 fully saturated rings. The highest BCUT2D eigenvalue weighted by Crippen LogP contribution is 2.38. The van der Waals surface area contributed by atoms with E-state index in [9.17, 15) is 5.11 Å². The summed E-state index contributed by atoms with van der Waals surface area (Å²) < 4.78 is 0. The van der Waals surface area contributed by atoms with Crippen molar-refractivity contribution in [2.45, 2.75) is 31.8 Å². The van der Waals surface area contributed by atoms with Gasteiger partial charge in [-0.2, -0.15) is 0 Å². The molecule has 1 atom stereocenters. The minimum atomic E-state index is -0.531. The monoisotopic (exact) mass is 162 g/mol. The largest absolute Gasteiger partial charge is 0.385 e. The van der Waals surface area contributed by atoms with Crippen LogP contribution in [0.1, 0.15) is 30.9 Å². The van der Waals surface area contributed by atoms with Crippen molar-refractivity contribution >= 4 is 0 Å². The van der Waals surface area contributed by atoms with Gasteiger partial charge in [0.05, 0.1) is 5.60 Å². The zero-order valence-electron chi connectivity index (χ0n) is 7.38. The molecule has 1 aromatic rings. The molecule has 0 heterocycles. The third-order valence-electron chi connectivity index (χ3n) is 2.91. The van der Waals surface area contributed by atoms with Crippen molar-refractivity contribution in [1.29, 1.82) is 0 Å². The van der Waals surface area contributed by atoms with Gasteiger partial charge in [-0.25, -0.2) is 0 Å². The smallest absolute Gasteiger partial charge is 0.0899 e. The minimum Gasteiger partial charge on any atom is -0.385 e. The first-order valence-corrected chi connectivity index (χ1v) is 4.57. The van der Waals surface area contributed by atoms with E-state index in [-0.39, 0.29) is 0 Å². The van der Waals surface area contributed by atoms with Crippen molar-refractivity contribution in [3.8, 4) is 0 Å². The molecule has 0 saturated heterocycles. The molecule has 0 aliphatic heterocycles. The Bertz CT molecular complexity index is 293. The van der Waals surface area contributed by atoms with Gasteiger partial charge in [-0.3, -0.25) is 0 Å². The van der Waals surface area contributed by atoms with Crippen LogP contribution >= 0.6 is 0 Å². The van der Waals surface area contributed by atoms with Crippen LogP contribution < -0.4 is 0 Å². The zero-order valence-corrected chi connectivity index (χ0v) is 7.38. The summed E-state index contributed by atoms with van der Waals surface area (Å²) in [5, 5.41) is 10.2. The Balaban J connectivity index is 2.49. The van der Waals surface area contributed by atoms with Gasteiger partial charge < -0.3 is 5.11 Å². The van der Waals surface area contributed by atoms with Crippen molar-refractivity contribution in [2.75, 3.05) is 0 Å². The van der Waals surface area contributed by atoms with E-state index in [1.165, 1.54) is 5.56 Å². The molecular weight excluding hydrogens is 148 g/mol. The fraction of sp³-hybridized carbons (Fsp3) is 0.455. The second-order valence-corrected chi connectivity index (χ2v) is 3.54. The van der Waals surface area contributed by atoms with Crippen LogP contribution in [0, 0.1) is 0 Å². The Kier molecular flexibility index (Phi) is 1.69. The van der Waals surface area contributed by atoms with E-state index in [2.05, 4.69) is 6.07 Å². The average molecular weight is 162 g/mol. The van der Waals surface area contributed by atoms with Gasteiger partial charge in [0.25, 0.3) is 0 Å². The number of benzene rings is 1. The van der Waals surface area contributed by atoms with Crippen LogP contribution in [0.25, 0.3) is 0 Å². The molecule has 1 heteroatoms. The second kappa shape index (κ2) is 2.60. The molecule has 0 bridgehead atoms. The summed E-state index contributed by atoms with van der Waals surface area (Å²) in [4.78, 5) is 0. The van der Waals surface area contributed by atoms with E-state index in [0.717, 1.165) is 24.8 Å². The highest BCUT2D eigenvalue weighted by Gasteiger charge is 2.34. The minimum absolute atomic E-state index is 0.531. The van der Waals surface area contributed by atoms with Crippen LogP contribution in [0.5, 0.6) is 0 Å². The van der Waals surface area contributed by atoms with E-state index in [4.69, 9.17) is 0 Å². The molecule has 2 rings (SSSR count). The molecular formula is C11H14O. The Labute approximate surface area is 73.0 Å². The molecule has 1 aliphatic rings. The highest BCUT2D eigenvalue weighted by atomic mass is 16.3. The Morgan fingerprint density at radius 1 is 1.42 bits per heavy atom. The third kappa shape index (κ3) is 0.969. The average Bonchev–Trinajstić information content (AvgIpc) is 2.46. The van der Waals surface area contributed by atoms with Crippen molar-refractivity contribution < 1.29 is 5.11 Å². The first-order chi connectivity index (χ1) is 5.76. The van der Waals surface area contributed by atoms with Gasteiger partial charge in [-0.05, 0) is 30.4 Å². The second-order valence-electron chi connectivity index (χ2n) is 3.54. The number of hydrogen-bond donors (Lipinski definition) is 1. The zero-order chi connectivity index (χ0) is 8.60. The predicted octanol–water partition coefficient (Wildman–Crippen LogP) is 2.23. The quantitative estimate of drug-likeness (QED) is 0.671. The fourth-order valence-electron chi connectivity index (χ4n) is 2.04. The van der Waals surface area contributed by atoms with Gasteiger partial charge in [0.15, 0.2) is 0 Å². The number of fused-ring (bicyclic) bond motifs is 1. The van der Waals surface area contributed by atoms with Gasteiger partial charge in [0.1, 0.15) is 0 Å². The third-order valence-corrected chi connectivity index (χ3v) is 2.91. The maximum Gasteiger partial charge on any atom is 0.0899 e. The first-order valence-electron chi connectivity index (χ1n) is 4.57. The van der Waals surface area contributed by atoms with E-state index in [0.29, 0.717) is 0 Å². The van der Waals surface area contributed by atoms with E-state index < -0.39 is 5.60 Å². The molecule has 12 heavy (non-hydrogen) atoms. The van der Waals surface area contributed by atoms with Crippen LogP contribution in [0.15, 0.2) is 24.3 Å². The SMILES string of the molecule is CC[C@]1(O)CCc2ccccc21. The summed E-state index contributed by atoms with van der Waals surface area (Å²) >= 11 is 0. The molecule has 1 aromatic carbocycles. The van der Waals surface area contributed by atoms with E-state index >= 15 is 0 Å². The van der Waals surface area contributed by atoms with Crippen LogP contribution in [0.4, 0.5) is 0 Å². The van der Waals surface area contributed by atoms with Gasteiger partial charge in [0, 0.05) is 0 Å². The van der Waals surface area contributed by atoms with Gasteiger partial charge in [-0.15, -0.1) is 0 Å².